The number of piperazine rings is 1. The normalized spacial score (nSPS) is 21.5. The SMILES string of the molecule is C[NH+]1CC[NH+](Cc2ccc(OCc3ccccc3)cc2)CC1. The number of nitrogens with one attached hydrogen (secondary N) is 2. The fourth-order valence-corrected chi connectivity index (χ4v) is 2.94. The minimum absolute atomic E-state index is 0.632. The quantitative estimate of drug-likeness (QED) is 0.806. The number of likely N-dealkylation sites (N-methyl/N-ethyl adjacent to an activating group) is 1. The Morgan fingerprint density at radius 2 is 1.50 bits per heavy atom. The van der Waals surface area contributed by atoms with E-state index in [2.05, 4.69) is 43.4 Å². The summed E-state index contributed by atoms with van der Waals surface area (Å²) < 4.78 is 5.84. The van der Waals surface area contributed by atoms with Gasteiger partial charge in [0.05, 0.1) is 7.05 Å². The molecule has 116 valence electrons. The van der Waals surface area contributed by atoms with Crippen molar-refractivity contribution in [2.45, 2.75) is 13.2 Å². The van der Waals surface area contributed by atoms with Gasteiger partial charge in [0.2, 0.25) is 0 Å². The Kier molecular flexibility index (Phi) is 5.09. The highest BCUT2D eigenvalue weighted by Crippen LogP contribution is 2.13. The van der Waals surface area contributed by atoms with E-state index in [1.165, 1.54) is 37.3 Å². The van der Waals surface area contributed by atoms with Crippen molar-refractivity contribution in [2.75, 3.05) is 33.2 Å². The molecule has 1 aliphatic rings. The second kappa shape index (κ2) is 7.43. The van der Waals surface area contributed by atoms with E-state index in [1.54, 1.807) is 9.80 Å². The Bertz CT molecular complexity index is 560. The molecule has 0 radical (unpaired) electrons. The van der Waals surface area contributed by atoms with Crippen LogP contribution in [-0.4, -0.2) is 33.2 Å². The van der Waals surface area contributed by atoms with E-state index < -0.39 is 0 Å². The van der Waals surface area contributed by atoms with Crippen LogP contribution in [-0.2, 0) is 13.2 Å². The topological polar surface area (TPSA) is 18.1 Å². The first-order valence-corrected chi connectivity index (χ1v) is 8.20. The molecule has 2 N–H and O–H groups in total. The summed E-state index contributed by atoms with van der Waals surface area (Å²) in [6.07, 6.45) is 0. The van der Waals surface area contributed by atoms with Crippen LogP contribution < -0.4 is 14.5 Å². The molecule has 2 aromatic carbocycles. The van der Waals surface area contributed by atoms with Crippen LogP contribution in [0.5, 0.6) is 5.75 Å². The zero-order valence-corrected chi connectivity index (χ0v) is 13.3. The molecule has 0 bridgehead atoms. The van der Waals surface area contributed by atoms with Crippen molar-refractivity contribution in [3.63, 3.8) is 0 Å². The first-order valence-electron chi connectivity index (χ1n) is 8.20. The average Bonchev–Trinajstić information content (AvgIpc) is 2.57. The maximum atomic E-state index is 5.84. The van der Waals surface area contributed by atoms with Gasteiger partial charge in [0.1, 0.15) is 45.1 Å². The highest BCUT2D eigenvalue weighted by molar-refractivity contribution is 5.27. The number of quaternary nitrogens is 2. The minimum atomic E-state index is 0.632. The molecule has 22 heavy (non-hydrogen) atoms. The molecule has 0 unspecified atom stereocenters. The molecule has 0 saturated carbocycles. The highest BCUT2D eigenvalue weighted by Gasteiger charge is 2.19. The molecule has 2 aromatic rings. The van der Waals surface area contributed by atoms with E-state index in [0.29, 0.717) is 6.61 Å². The van der Waals surface area contributed by atoms with E-state index in [0.717, 1.165) is 12.3 Å². The molecule has 0 spiro atoms. The van der Waals surface area contributed by atoms with Gasteiger partial charge in [-0.3, -0.25) is 0 Å². The molecular weight excluding hydrogens is 272 g/mol. The molecule has 3 nitrogen and oxygen atoms in total. The summed E-state index contributed by atoms with van der Waals surface area (Å²) in [7, 11) is 2.29. The van der Waals surface area contributed by atoms with Crippen molar-refractivity contribution in [3.05, 3.63) is 65.7 Å². The monoisotopic (exact) mass is 298 g/mol. The third kappa shape index (κ3) is 4.33. The van der Waals surface area contributed by atoms with Gasteiger partial charge in [-0.15, -0.1) is 0 Å². The summed E-state index contributed by atoms with van der Waals surface area (Å²) in [4.78, 5) is 3.36. The van der Waals surface area contributed by atoms with Gasteiger partial charge in [0.25, 0.3) is 0 Å². The third-order valence-electron chi connectivity index (χ3n) is 4.44. The number of hydrogen-bond acceptors (Lipinski definition) is 1. The van der Waals surface area contributed by atoms with E-state index in [4.69, 9.17) is 4.74 Å². The molecule has 1 heterocycles. The number of rotatable bonds is 5. The Hall–Kier alpha value is -1.84. The zero-order chi connectivity index (χ0) is 15.2. The van der Waals surface area contributed by atoms with Crippen LogP contribution in [0, 0.1) is 0 Å². The van der Waals surface area contributed by atoms with Crippen LogP contribution in [0.4, 0.5) is 0 Å². The van der Waals surface area contributed by atoms with E-state index >= 15 is 0 Å². The number of benzene rings is 2. The smallest absolute Gasteiger partial charge is 0.127 e. The van der Waals surface area contributed by atoms with Crippen LogP contribution in [0.3, 0.4) is 0 Å². The molecule has 3 rings (SSSR count). The Morgan fingerprint density at radius 3 is 2.18 bits per heavy atom. The third-order valence-corrected chi connectivity index (χ3v) is 4.44. The van der Waals surface area contributed by atoms with Crippen LogP contribution in [0.2, 0.25) is 0 Å². The summed E-state index contributed by atoms with van der Waals surface area (Å²) >= 11 is 0. The maximum Gasteiger partial charge on any atom is 0.127 e. The molecular formula is C19H26N2O+2. The molecule has 0 amide bonds. The van der Waals surface area contributed by atoms with Crippen molar-refractivity contribution >= 4 is 0 Å². The lowest BCUT2D eigenvalue weighted by Gasteiger charge is -2.27. The van der Waals surface area contributed by atoms with Crippen LogP contribution in [0.1, 0.15) is 11.1 Å². The first kappa shape index (κ1) is 15.1. The fourth-order valence-electron chi connectivity index (χ4n) is 2.94. The van der Waals surface area contributed by atoms with Crippen molar-refractivity contribution in [3.8, 4) is 5.75 Å². The van der Waals surface area contributed by atoms with Crippen molar-refractivity contribution < 1.29 is 14.5 Å². The van der Waals surface area contributed by atoms with Gasteiger partial charge in [-0.05, 0) is 29.8 Å². The summed E-state index contributed by atoms with van der Waals surface area (Å²) in [5.41, 5.74) is 2.61. The van der Waals surface area contributed by atoms with Gasteiger partial charge in [-0.1, -0.05) is 30.3 Å². The Balaban J connectivity index is 1.50. The summed E-state index contributed by atoms with van der Waals surface area (Å²) in [5, 5.41) is 0. The predicted molar refractivity (Wildman–Crippen MR) is 88.2 cm³/mol. The molecule has 1 saturated heterocycles. The van der Waals surface area contributed by atoms with Crippen LogP contribution >= 0.6 is 0 Å². The second-order valence-electron chi connectivity index (χ2n) is 6.30. The lowest BCUT2D eigenvalue weighted by atomic mass is 10.2. The van der Waals surface area contributed by atoms with Gasteiger partial charge in [-0.25, -0.2) is 0 Å². The summed E-state index contributed by atoms with van der Waals surface area (Å²) in [6, 6.07) is 18.9. The van der Waals surface area contributed by atoms with Crippen molar-refractivity contribution in [2.24, 2.45) is 0 Å². The largest absolute Gasteiger partial charge is 0.489 e. The van der Waals surface area contributed by atoms with Crippen LogP contribution in [0.25, 0.3) is 0 Å². The predicted octanol–water partition coefficient (Wildman–Crippen LogP) is 0.179. The van der Waals surface area contributed by atoms with E-state index in [-0.39, 0.29) is 0 Å². The van der Waals surface area contributed by atoms with E-state index in [9.17, 15) is 0 Å². The zero-order valence-electron chi connectivity index (χ0n) is 13.3. The van der Waals surface area contributed by atoms with Gasteiger partial charge in [0, 0.05) is 5.56 Å². The van der Waals surface area contributed by atoms with Gasteiger partial charge >= 0.3 is 0 Å². The number of hydrogen-bond donors (Lipinski definition) is 2. The molecule has 0 atom stereocenters. The highest BCUT2D eigenvalue weighted by atomic mass is 16.5. The molecule has 3 heteroatoms. The summed E-state index contributed by atoms with van der Waals surface area (Å²) in [6.45, 7) is 6.89. The maximum absolute atomic E-state index is 5.84. The van der Waals surface area contributed by atoms with Gasteiger partial charge in [0.15, 0.2) is 0 Å². The molecule has 1 fully saturated rings. The minimum Gasteiger partial charge on any atom is -0.489 e. The lowest BCUT2D eigenvalue weighted by molar-refractivity contribution is -1.01. The average molecular weight is 298 g/mol. The molecule has 0 aliphatic carbocycles. The van der Waals surface area contributed by atoms with Crippen LogP contribution in [0.15, 0.2) is 54.6 Å². The standard InChI is InChI=1S/C19H24N2O/c1-20-11-13-21(14-12-20)15-17-7-9-19(10-8-17)22-16-18-5-3-2-4-6-18/h2-10H,11-16H2,1H3/p+2. The molecule has 1 aliphatic heterocycles. The van der Waals surface area contributed by atoms with Gasteiger partial charge < -0.3 is 14.5 Å². The van der Waals surface area contributed by atoms with Gasteiger partial charge in [-0.2, -0.15) is 0 Å². The second-order valence-corrected chi connectivity index (χ2v) is 6.30. The Morgan fingerprint density at radius 1 is 0.818 bits per heavy atom. The molecule has 0 aromatic heterocycles. The fraction of sp³-hybridized carbons (Fsp3) is 0.368. The van der Waals surface area contributed by atoms with E-state index in [1.807, 2.05) is 18.2 Å². The first-order chi connectivity index (χ1) is 10.8. The van der Waals surface area contributed by atoms with Crippen molar-refractivity contribution in [1.82, 2.24) is 0 Å². The number of ether oxygens (including phenoxy) is 1. The van der Waals surface area contributed by atoms with Crippen molar-refractivity contribution in [1.29, 1.82) is 0 Å². The summed E-state index contributed by atoms with van der Waals surface area (Å²) in [5.74, 6) is 0.949. The Labute approximate surface area is 133 Å². The lowest BCUT2D eigenvalue weighted by Crippen LogP contribution is -3.26.